The molecule has 1 aliphatic rings. The van der Waals surface area contributed by atoms with Gasteiger partial charge in [-0.3, -0.25) is 9.78 Å². The Kier molecular flexibility index (Phi) is 4.77. The SMILES string of the molecule is CCCNc1cnccc1C(=O)NC1CCC(C)C1. The van der Waals surface area contributed by atoms with Gasteiger partial charge in [0.2, 0.25) is 0 Å². The number of hydrogen-bond acceptors (Lipinski definition) is 3. The number of hydrogen-bond donors (Lipinski definition) is 2. The Morgan fingerprint density at radius 2 is 2.32 bits per heavy atom. The summed E-state index contributed by atoms with van der Waals surface area (Å²) in [5, 5.41) is 6.39. The molecule has 0 spiro atoms. The van der Waals surface area contributed by atoms with E-state index in [0.29, 0.717) is 11.6 Å². The fourth-order valence-electron chi connectivity index (χ4n) is 2.59. The zero-order chi connectivity index (χ0) is 13.7. The second-order valence-corrected chi connectivity index (χ2v) is 5.44. The highest BCUT2D eigenvalue weighted by atomic mass is 16.1. The summed E-state index contributed by atoms with van der Waals surface area (Å²) >= 11 is 0. The third-order valence-electron chi connectivity index (χ3n) is 3.66. The summed E-state index contributed by atoms with van der Waals surface area (Å²) in [7, 11) is 0. The molecule has 4 nitrogen and oxygen atoms in total. The van der Waals surface area contributed by atoms with Gasteiger partial charge in [-0.25, -0.2) is 0 Å². The van der Waals surface area contributed by atoms with Crippen molar-refractivity contribution in [1.29, 1.82) is 0 Å². The molecule has 0 saturated heterocycles. The number of pyridine rings is 1. The smallest absolute Gasteiger partial charge is 0.253 e. The predicted octanol–water partition coefficient (Wildman–Crippen LogP) is 2.82. The molecule has 1 amide bonds. The summed E-state index contributed by atoms with van der Waals surface area (Å²) in [5.41, 5.74) is 1.52. The number of nitrogens with one attached hydrogen (secondary N) is 2. The summed E-state index contributed by atoms with van der Waals surface area (Å²) in [6, 6.07) is 2.11. The van der Waals surface area contributed by atoms with Crippen molar-refractivity contribution in [2.45, 2.75) is 45.6 Å². The van der Waals surface area contributed by atoms with Crippen LogP contribution in [-0.4, -0.2) is 23.5 Å². The first-order valence-corrected chi connectivity index (χ1v) is 7.19. The molecule has 1 saturated carbocycles. The number of nitrogens with zero attached hydrogens (tertiary/aromatic N) is 1. The Bertz CT molecular complexity index is 433. The molecule has 1 aromatic heterocycles. The number of amides is 1. The lowest BCUT2D eigenvalue weighted by Gasteiger charge is -2.15. The molecule has 1 aromatic rings. The van der Waals surface area contributed by atoms with E-state index in [1.807, 2.05) is 0 Å². The van der Waals surface area contributed by atoms with Crippen molar-refractivity contribution in [3.63, 3.8) is 0 Å². The van der Waals surface area contributed by atoms with Crippen LogP contribution >= 0.6 is 0 Å². The van der Waals surface area contributed by atoms with Crippen molar-refractivity contribution in [3.8, 4) is 0 Å². The maximum absolute atomic E-state index is 12.3. The zero-order valence-corrected chi connectivity index (χ0v) is 11.8. The van der Waals surface area contributed by atoms with Crippen molar-refractivity contribution in [3.05, 3.63) is 24.0 Å². The minimum atomic E-state index is 0.0140. The minimum Gasteiger partial charge on any atom is -0.383 e. The summed E-state index contributed by atoms with van der Waals surface area (Å²) in [5.74, 6) is 0.737. The highest BCUT2D eigenvalue weighted by molar-refractivity contribution is 5.99. The van der Waals surface area contributed by atoms with Gasteiger partial charge in [-0.1, -0.05) is 13.8 Å². The van der Waals surface area contributed by atoms with Crippen molar-refractivity contribution < 1.29 is 4.79 Å². The van der Waals surface area contributed by atoms with E-state index >= 15 is 0 Å². The van der Waals surface area contributed by atoms with Crippen molar-refractivity contribution in [2.24, 2.45) is 5.92 Å². The fraction of sp³-hybridized carbons (Fsp3) is 0.600. The Hall–Kier alpha value is -1.58. The predicted molar refractivity (Wildman–Crippen MR) is 77.3 cm³/mol. The molecule has 0 bridgehead atoms. The average molecular weight is 261 g/mol. The molecule has 1 heterocycles. The van der Waals surface area contributed by atoms with E-state index < -0.39 is 0 Å². The number of anilines is 1. The summed E-state index contributed by atoms with van der Waals surface area (Å²) < 4.78 is 0. The molecule has 1 fully saturated rings. The number of rotatable bonds is 5. The Labute approximate surface area is 115 Å². The van der Waals surface area contributed by atoms with Gasteiger partial charge >= 0.3 is 0 Å². The van der Waals surface area contributed by atoms with E-state index in [1.54, 1.807) is 18.5 Å². The molecule has 4 heteroatoms. The molecule has 0 aromatic carbocycles. The van der Waals surface area contributed by atoms with Crippen LogP contribution in [0.4, 0.5) is 5.69 Å². The van der Waals surface area contributed by atoms with E-state index in [9.17, 15) is 4.79 Å². The first-order chi connectivity index (χ1) is 9.20. The van der Waals surface area contributed by atoms with Crippen LogP contribution in [0, 0.1) is 5.92 Å². The summed E-state index contributed by atoms with van der Waals surface area (Å²) in [4.78, 5) is 16.4. The Balaban J connectivity index is 2.01. The van der Waals surface area contributed by atoms with Crippen LogP contribution in [-0.2, 0) is 0 Å². The van der Waals surface area contributed by atoms with Crippen LogP contribution in [0.3, 0.4) is 0 Å². The summed E-state index contributed by atoms with van der Waals surface area (Å²) in [6.07, 6.45) is 7.81. The average Bonchev–Trinajstić information content (AvgIpc) is 2.82. The standard InChI is InChI=1S/C15H23N3O/c1-3-7-17-14-10-16-8-6-13(14)15(19)18-12-5-4-11(2)9-12/h6,8,10-12,17H,3-5,7,9H2,1-2H3,(H,18,19). The third-order valence-corrected chi connectivity index (χ3v) is 3.66. The van der Waals surface area contributed by atoms with Crippen molar-refractivity contribution >= 4 is 11.6 Å². The molecule has 0 aliphatic heterocycles. The molecule has 1 aliphatic carbocycles. The fourth-order valence-corrected chi connectivity index (χ4v) is 2.59. The van der Waals surface area contributed by atoms with Gasteiger partial charge in [-0.15, -0.1) is 0 Å². The van der Waals surface area contributed by atoms with Crippen molar-refractivity contribution in [2.75, 3.05) is 11.9 Å². The number of carbonyl (C=O) groups is 1. The van der Waals surface area contributed by atoms with Gasteiger partial charge < -0.3 is 10.6 Å². The van der Waals surface area contributed by atoms with Crippen LogP contribution < -0.4 is 10.6 Å². The van der Waals surface area contributed by atoms with Crippen LogP contribution in [0.2, 0.25) is 0 Å². The molecule has 2 rings (SSSR count). The minimum absolute atomic E-state index is 0.0140. The normalized spacial score (nSPS) is 22.2. The van der Waals surface area contributed by atoms with Gasteiger partial charge in [0.05, 0.1) is 17.4 Å². The number of carbonyl (C=O) groups excluding carboxylic acids is 1. The molecule has 104 valence electrons. The Morgan fingerprint density at radius 3 is 3.00 bits per heavy atom. The van der Waals surface area contributed by atoms with Gasteiger partial charge in [0.25, 0.3) is 5.91 Å². The van der Waals surface area contributed by atoms with Gasteiger partial charge in [0.1, 0.15) is 0 Å². The van der Waals surface area contributed by atoms with E-state index in [-0.39, 0.29) is 5.91 Å². The van der Waals surface area contributed by atoms with Gasteiger partial charge in [0.15, 0.2) is 0 Å². The molecule has 2 unspecified atom stereocenters. The number of aromatic nitrogens is 1. The summed E-state index contributed by atoms with van der Waals surface area (Å²) in [6.45, 7) is 5.20. The molecule has 2 N–H and O–H groups in total. The van der Waals surface area contributed by atoms with Crippen LogP contribution in [0.5, 0.6) is 0 Å². The lowest BCUT2D eigenvalue weighted by Crippen LogP contribution is -2.33. The van der Waals surface area contributed by atoms with Crippen LogP contribution in [0.1, 0.15) is 49.9 Å². The maximum Gasteiger partial charge on any atom is 0.253 e. The van der Waals surface area contributed by atoms with E-state index in [1.165, 1.54) is 6.42 Å². The first-order valence-electron chi connectivity index (χ1n) is 7.19. The quantitative estimate of drug-likeness (QED) is 0.857. The maximum atomic E-state index is 12.3. The molecular weight excluding hydrogens is 238 g/mol. The van der Waals surface area contributed by atoms with E-state index in [2.05, 4.69) is 29.5 Å². The van der Waals surface area contributed by atoms with E-state index in [0.717, 1.165) is 37.4 Å². The lowest BCUT2D eigenvalue weighted by molar-refractivity contribution is 0.0938. The highest BCUT2D eigenvalue weighted by Crippen LogP contribution is 2.25. The van der Waals surface area contributed by atoms with Gasteiger partial charge in [-0.2, -0.15) is 0 Å². The van der Waals surface area contributed by atoms with E-state index in [4.69, 9.17) is 0 Å². The second-order valence-electron chi connectivity index (χ2n) is 5.44. The molecule has 19 heavy (non-hydrogen) atoms. The zero-order valence-electron chi connectivity index (χ0n) is 11.8. The molecular formula is C15H23N3O. The topological polar surface area (TPSA) is 54.0 Å². The highest BCUT2D eigenvalue weighted by Gasteiger charge is 2.23. The second kappa shape index (κ2) is 6.55. The lowest BCUT2D eigenvalue weighted by atomic mass is 10.1. The van der Waals surface area contributed by atoms with Gasteiger partial charge in [-0.05, 0) is 37.7 Å². The monoisotopic (exact) mass is 261 g/mol. The van der Waals surface area contributed by atoms with Crippen LogP contribution in [0.25, 0.3) is 0 Å². The Morgan fingerprint density at radius 1 is 1.47 bits per heavy atom. The largest absolute Gasteiger partial charge is 0.383 e. The molecule has 0 radical (unpaired) electrons. The first kappa shape index (κ1) is 13.8. The van der Waals surface area contributed by atoms with Gasteiger partial charge in [0, 0.05) is 18.8 Å². The third kappa shape index (κ3) is 3.69. The molecule has 2 atom stereocenters. The van der Waals surface area contributed by atoms with Crippen LogP contribution in [0.15, 0.2) is 18.5 Å². The van der Waals surface area contributed by atoms with Crippen molar-refractivity contribution in [1.82, 2.24) is 10.3 Å².